The number of anilines is 1. The topological polar surface area (TPSA) is 69.6 Å². The summed E-state index contributed by atoms with van der Waals surface area (Å²) < 4.78 is 0. The predicted molar refractivity (Wildman–Crippen MR) is 84.0 cm³/mol. The Kier molecular flexibility index (Phi) is 7.02. The fraction of sp³-hybridized carbons (Fsp3) is 0.467. The minimum absolute atomic E-state index is 0.000968. The number of carboxylic acids is 1. The standard InChI is InChI=1S/C15H21ClN2O3/c1-3-4-5-11(2)17-15(21)18(10-14(19)20)13-8-6-12(16)7-9-13/h6-9,11H,3-5,10H2,1-2H3,(H,17,21)(H,19,20). The molecule has 116 valence electrons. The summed E-state index contributed by atoms with van der Waals surface area (Å²) in [7, 11) is 0. The maximum Gasteiger partial charge on any atom is 0.323 e. The van der Waals surface area contributed by atoms with Crippen molar-refractivity contribution in [3.8, 4) is 0 Å². The van der Waals surface area contributed by atoms with Gasteiger partial charge in [0, 0.05) is 16.8 Å². The smallest absolute Gasteiger partial charge is 0.323 e. The Hall–Kier alpha value is -1.75. The molecule has 0 saturated carbocycles. The maximum atomic E-state index is 12.3. The van der Waals surface area contributed by atoms with E-state index in [1.807, 2.05) is 6.92 Å². The summed E-state index contributed by atoms with van der Waals surface area (Å²) in [5.74, 6) is -1.07. The van der Waals surface area contributed by atoms with Gasteiger partial charge < -0.3 is 10.4 Å². The van der Waals surface area contributed by atoms with Crippen LogP contribution >= 0.6 is 11.6 Å². The van der Waals surface area contributed by atoms with E-state index >= 15 is 0 Å². The molecule has 1 aromatic carbocycles. The molecule has 0 heterocycles. The van der Waals surface area contributed by atoms with E-state index in [1.165, 1.54) is 4.90 Å². The van der Waals surface area contributed by atoms with Gasteiger partial charge in [-0.05, 0) is 37.6 Å². The number of benzene rings is 1. The minimum Gasteiger partial charge on any atom is -0.480 e. The summed E-state index contributed by atoms with van der Waals surface area (Å²) in [5.41, 5.74) is 0.502. The van der Waals surface area contributed by atoms with E-state index in [-0.39, 0.29) is 6.04 Å². The van der Waals surface area contributed by atoms with Crippen molar-refractivity contribution in [1.29, 1.82) is 0 Å². The first-order chi connectivity index (χ1) is 9.93. The Bertz CT molecular complexity index is 476. The van der Waals surface area contributed by atoms with E-state index in [9.17, 15) is 9.59 Å². The van der Waals surface area contributed by atoms with Crippen molar-refractivity contribution in [3.05, 3.63) is 29.3 Å². The van der Waals surface area contributed by atoms with E-state index < -0.39 is 18.5 Å². The summed E-state index contributed by atoms with van der Waals surface area (Å²) in [4.78, 5) is 24.4. The van der Waals surface area contributed by atoms with Crippen molar-refractivity contribution in [2.24, 2.45) is 0 Å². The van der Waals surface area contributed by atoms with E-state index in [4.69, 9.17) is 16.7 Å². The number of nitrogens with zero attached hydrogens (tertiary/aromatic N) is 1. The van der Waals surface area contributed by atoms with Crippen molar-refractivity contribution in [2.75, 3.05) is 11.4 Å². The molecule has 21 heavy (non-hydrogen) atoms. The zero-order chi connectivity index (χ0) is 15.8. The molecule has 1 unspecified atom stereocenters. The molecule has 6 heteroatoms. The van der Waals surface area contributed by atoms with Crippen LogP contribution < -0.4 is 10.2 Å². The van der Waals surface area contributed by atoms with Gasteiger partial charge in [-0.25, -0.2) is 4.79 Å². The first-order valence-corrected chi connectivity index (χ1v) is 7.37. The number of unbranched alkanes of at least 4 members (excludes halogenated alkanes) is 1. The molecule has 0 saturated heterocycles. The molecule has 0 aliphatic heterocycles. The summed E-state index contributed by atoms with van der Waals surface area (Å²) in [5, 5.41) is 12.3. The number of amides is 2. The molecule has 2 amide bonds. The number of halogens is 1. The third-order valence-electron chi connectivity index (χ3n) is 3.04. The second-order valence-electron chi connectivity index (χ2n) is 4.95. The normalized spacial score (nSPS) is 11.8. The highest BCUT2D eigenvalue weighted by Gasteiger charge is 2.20. The van der Waals surface area contributed by atoms with Crippen molar-refractivity contribution in [2.45, 2.75) is 39.2 Å². The minimum atomic E-state index is -1.07. The Labute approximate surface area is 129 Å². The number of rotatable bonds is 7. The second-order valence-corrected chi connectivity index (χ2v) is 5.39. The van der Waals surface area contributed by atoms with Crippen LogP contribution in [0.2, 0.25) is 5.02 Å². The number of urea groups is 1. The van der Waals surface area contributed by atoms with Gasteiger partial charge in [-0.1, -0.05) is 31.4 Å². The number of hydrogen-bond donors (Lipinski definition) is 2. The summed E-state index contributed by atoms with van der Waals surface area (Å²) in [6.07, 6.45) is 2.93. The Morgan fingerprint density at radius 1 is 1.33 bits per heavy atom. The number of hydrogen-bond acceptors (Lipinski definition) is 2. The predicted octanol–water partition coefficient (Wildman–Crippen LogP) is 3.52. The lowest BCUT2D eigenvalue weighted by Gasteiger charge is -2.24. The molecule has 0 aromatic heterocycles. The molecule has 0 bridgehead atoms. The second kappa shape index (κ2) is 8.52. The van der Waals surface area contributed by atoms with Crippen LogP contribution in [-0.2, 0) is 4.79 Å². The lowest BCUT2D eigenvalue weighted by molar-refractivity contribution is -0.135. The summed E-state index contributed by atoms with van der Waals surface area (Å²) in [6, 6.07) is 6.09. The van der Waals surface area contributed by atoms with Gasteiger partial charge in [0.1, 0.15) is 6.54 Å². The SMILES string of the molecule is CCCCC(C)NC(=O)N(CC(=O)O)c1ccc(Cl)cc1. The van der Waals surface area contributed by atoms with E-state index in [1.54, 1.807) is 24.3 Å². The quantitative estimate of drug-likeness (QED) is 0.809. The Morgan fingerprint density at radius 2 is 1.95 bits per heavy atom. The van der Waals surface area contributed by atoms with Crippen molar-refractivity contribution in [1.82, 2.24) is 5.32 Å². The van der Waals surface area contributed by atoms with Crippen LogP contribution in [-0.4, -0.2) is 29.7 Å². The highest BCUT2D eigenvalue weighted by Crippen LogP contribution is 2.18. The van der Waals surface area contributed by atoms with Gasteiger partial charge in [0.25, 0.3) is 0 Å². The molecule has 5 nitrogen and oxygen atoms in total. The van der Waals surface area contributed by atoms with Gasteiger partial charge in [-0.15, -0.1) is 0 Å². The van der Waals surface area contributed by atoms with Crippen molar-refractivity contribution >= 4 is 29.3 Å². The Balaban J connectivity index is 2.79. The van der Waals surface area contributed by atoms with Crippen LogP contribution in [0.3, 0.4) is 0 Å². The fourth-order valence-corrected chi connectivity index (χ4v) is 2.03. The zero-order valence-electron chi connectivity index (χ0n) is 12.3. The molecule has 0 spiro atoms. The fourth-order valence-electron chi connectivity index (χ4n) is 1.91. The molecule has 0 aliphatic carbocycles. The number of carboxylic acid groups (broad SMARTS) is 1. The number of aliphatic carboxylic acids is 1. The molecule has 1 aromatic rings. The average Bonchev–Trinajstić information content (AvgIpc) is 2.43. The summed E-state index contributed by atoms with van der Waals surface area (Å²) >= 11 is 5.81. The molecule has 1 atom stereocenters. The van der Waals surface area contributed by atoms with Crippen molar-refractivity contribution < 1.29 is 14.7 Å². The monoisotopic (exact) mass is 312 g/mol. The highest BCUT2D eigenvalue weighted by atomic mass is 35.5. The Morgan fingerprint density at radius 3 is 2.48 bits per heavy atom. The van der Waals surface area contributed by atoms with Crippen LogP contribution in [0.4, 0.5) is 10.5 Å². The zero-order valence-corrected chi connectivity index (χ0v) is 13.1. The molecule has 0 radical (unpaired) electrons. The average molecular weight is 313 g/mol. The van der Waals surface area contributed by atoms with Crippen LogP contribution in [0.15, 0.2) is 24.3 Å². The summed E-state index contributed by atoms with van der Waals surface area (Å²) in [6.45, 7) is 3.60. The van der Waals surface area contributed by atoms with Gasteiger partial charge in [0.2, 0.25) is 0 Å². The highest BCUT2D eigenvalue weighted by molar-refractivity contribution is 6.30. The van der Waals surface area contributed by atoms with Crippen molar-refractivity contribution in [3.63, 3.8) is 0 Å². The molecule has 1 rings (SSSR count). The van der Waals surface area contributed by atoms with Gasteiger partial charge in [-0.3, -0.25) is 9.69 Å². The van der Waals surface area contributed by atoms with Gasteiger partial charge >= 0.3 is 12.0 Å². The van der Waals surface area contributed by atoms with Crippen LogP contribution in [0.1, 0.15) is 33.1 Å². The largest absolute Gasteiger partial charge is 0.480 e. The first kappa shape index (κ1) is 17.3. The van der Waals surface area contributed by atoms with E-state index in [0.29, 0.717) is 10.7 Å². The molecule has 2 N–H and O–H groups in total. The van der Waals surface area contributed by atoms with Crippen LogP contribution in [0.25, 0.3) is 0 Å². The van der Waals surface area contributed by atoms with Crippen LogP contribution in [0.5, 0.6) is 0 Å². The maximum absolute atomic E-state index is 12.3. The number of nitrogens with one attached hydrogen (secondary N) is 1. The molecular formula is C15H21ClN2O3. The molecular weight excluding hydrogens is 292 g/mol. The first-order valence-electron chi connectivity index (χ1n) is 6.99. The third kappa shape index (κ3) is 6.04. The van der Waals surface area contributed by atoms with Crippen LogP contribution in [0, 0.1) is 0 Å². The molecule has 0 aliphatic rings. The molecule has 0 fully saturated rings. The van der Waals surface area contributed by atoms with E-state index in [2.05, 4.69) is 12.2 Å². The van der Waals surface area contributed by atoms with E-state index in [0.717, 1.165) is 19.3 Å². The lowest BCUT2D eigenvalue weighted by Crippen LogP contribution is -2.46. The number of carbonyl (C=O) groups excluding carboxylic acids is 1. The lowest BCUT2D eigenvalue weighted by atomic mass is 10.1. The van der Waals surface area contributed by atoms with Gasteiger partial charge in [0.05, 0.1) is 0 Å². The third-order valence-corrected chi connectivity index (χ3v) is 3.29. The van der Waals surface area contributed by atoms with Gasteiger partial charge in [0.15, 0.2) is 0 Å². The number of carbonyl (C=O) groups is 2. The van der Waals surface area contributed by atoms with Gasteiger partial charge in [-0.2, -0.15) is 0 Å².